The van der Waals surface area contributed by atoms with E-state index < -0.39 is 0 Å². The lowest BCUT2D eigenvalue weighted by Gasteiger charge is -2.29. The van der Waals surface area contributed by atoms with Crippen LogP contribution in [0.3, 0.4) is 0 Å². The number of pyridine rings is 2. The molecule has 0 amide bonds. The average Bonchev–Trinajstić information content (AvgIpc) is 3.83. The summed E-state index contributed by atoms with van der Waals surface area (Å²) in [6.45, 7) is 4.88. The highest BCUT2D eigenvalue weighted by molar-refractivity contribution is 6.30. The van der Waals surface area contributed by atoms with E-state index in [0.29, 0.717) is 0 Å². The number of aryl methyl sites for hydroxylation is 1. The Labute approximate surface area is 287 Å². The number of hydrogen-bond acceptors (Lipinski definition) is 1. The van der Waals surface area contributed by atoms with E-state index in [1.807, 2.05) is 0 Å². The smallest absolute Gasteiger partial charge is 0.249 e. The maximum Gasteiger partial charge on any atom is 0.249 e. The van der Waals surface area contributed by atoms with Crippen molar-refractivity contribution in [1.82, 2.24) is 4.40 Å². The molecule has 0 saturated carbocycles. The molecule has 50 heavy (non-hydrogen) atoms. The molecule has 0 N–H and O–H groups in total. The average molecular weight is 642 g/mol. The van der Waals surface area contributed by atoms with E-state index in [4.69, 9.17) is 11.0 Å². The third-order valence-electron chi connectivity index (χ3n) is 11.8. The van der Waals surface area contributed by atoms with Crippen molar-refractivity contribution in [3.8, 4) is 22.5 Å². The molecule has 7 heterocycles. The van der Waals surface area contributed by atoms with Crippen LogP contribution in [0.15, 0.2) is 151 Å². The maximum absolute atomic E-state index is 6.44. The maximum atomic E-state index is 6.44. The Morgan fingerprint density at radius 2 is 1.38 bits per heavy atom. The Hall–Kier alpha value is -6.26. The number of rotatable bonds is 0. The Kier molecular flexibility index (Phi) is 5.04. The largest absolute Gasteiger partial charge is 0.456 e. The molecule has 2 aliphatic rings. The van der Waals surface area contributed by atoms with Gasteiger partial charge in [-0.3, -0.25) is 0 Å². The zero-order valence-corrected chi connectivity index (χ0v) is 27.3. The van der Waals surface area contributed by atoms with E-state index in [0.717, 1.165) is 35.1 Å². The lowest BCUT2D eigenvalue weighted by atomic mass is 9.78. The number of benzene rings is 5. The highest BCUT2D eigenvalue weighted by Crippen LogP contribution is 2.49. The van der Waals surface area contributed by atoms with Gasteiger partial charge in [0.25, 0.3) is 0 Å². The normalized spacial score (nSPS) is 17.1. The van der Waals surface area contributed by atoms with E-state index in [9.17, 15) is 0 Å². The number of fused-ring (bicyclic) bond motifs is 19. The molecule has 0 fully saturated rings. The van der Waals surface area contributed by atoms with Gasteiger partial charge in [0.05, 0.1) is 33.4 Å². The minimum absolute atomic E-state index is 0.0481. The van der Waals surface area contributed by atoms with Crippen molar-refractivity contribution >= 4 is 65.7 Å². The molecule has 2 atom stereocenters. The van der Waals surface area contributed by atoms with Crippen LogP contribution < -0.4 is 9.13 Å². The first-order valence-corrected chi connectivity index (χ1v) is 17.6. The van der Waals surface area contributed by atoms with Crippen LogP contribution in [0.1, 0.15) is 29.5 Å². The summed E-state index contributed by atoms with van der Waals surface area (Å²) in [5, 5.41) is 7.48. The van der Waals surface area contributed by atoms with Crippen molar-refractivity contribution in [3.63, 3.8) is 0 Å². The highest BCUT2D eigenvalue weighted by atomic mass is 16.3. The Bertz CT molecular complexity index is 3090. The predicted molar refractivity (Wildman–Crippen MR) is 202 cm³/mol. The lowest BCUT2D eigenvalue weighted by Crippen LogP contribution is -2.53. The number of aromatic nitrogens is 3. The standard InChI is InChI=1S/C46H31N3O/c1-27-44-33(20-19-28-11-2-3-12-29(28)38-16-6-8-23-47(27)38)35-26-40-36(25-37(35)39-17-7-9-24-48(39)44)31-15-10-14-30-32-21-22-42-43(46(32)49(40)45(30)31)34-13-4-5-18-41(34)50-42/h2-18,21-26,33,44H,1,19-20H2/q+2. The summed E-state index contributed by atoms with van der Waals surface area (Å²) in [7, 11) is 0. The van der Waals surface area contributed by atoms with E-state index in [2.05, 4.69) is 153 Å². The van der Waals surface area contributed by atoms with E-state index in [-0.39, 0.29) is 12.0 Å². The van der Waals surface area contributed by atoms with Gasteiger partial charge in [-0.1, -0.05) is 54.6 Å². The number of furan rings is 1. The molecule has 10 aromatic rings. The first-order valence-electron chi connectivity index (χ1n) is 17.6. The van der Waals surface area contributed by atoms with E-state index in [1.165, 1.54) is 77.1 Å². The van der Waals surface area contributed by atoms with Crippen LogP contribution in [0.5, 0.6) is 0 Å². The topological polar surface area (TPSA) is 25.3 Å². The van der Waals surface area contributed by atoms with Crippen molar-refractivity contribution in [3.05, 3.63) is 157 Å². The molecule has 0 saturated heterocycles. The summed E-state index contributed by atoms with van der Waals surface area (Å²) in [4.78, 5) is 0. The van der Waals surface area contributed by atoms with Gasteiger partial charge in [-0.05, 0) is 79.1 Å². The molecule has 5 aromatic carbocycles. The third kappa shape index (κ3) is 3.26. The monoisotopic (exact) mass is 641 g/mol. The van der Waals surface area contributed by atoms with Crippen LogP contribution in [0, 0.1) is 0 Å². The highest BCUT2D eigenvalue weighted by Gasteiger charge is 2.47. The van der Waals surface area contributed by atoms with Crippen LogP contribution >= 0.6 is 0 Å². The first kappa shape index (κ1) is 26.7. The summed E-state index contributed by atoms with van der Waals surface area (Å²) in [6, 6.07) is 46.8. The molecular weight excluding hydrogens is 611 g/mol. The Morgan fingerprint density at radius 1 is 0.620 bits per heavy atom. The molecule has 234 valence electrons. The van der Waals surface area contributed by atoms with Crippen LogP contribution in [0.2, 0.25) is 0 Å². The second-order valence-electron chi connectivity index (χ2n) is 14.1. The van der Waals surface area contributed by atoms with Crippen LogP contribution in [0.25, 0.3) is 88.2 Å². The zero-order chi connectivity index (χ0) is 32.7. The Morgan fingerprint density at radius 3 is 2.32 bits per heavy atom. The second-order valence-corrected chi connectivity index (χ2v) is 14.1. The van der Waals surface area contributed by atoms with Crippen molar-refractivity contribution in [1.29, 1.82) is 0 Å². The van der Waals surface area contributed by atoms with Gasteiger partial charge >= 0.3 is 0 Å². The molecule has 12 rings (SSSR count). The van der Waals surface area contributed by atoms with E-state index in [1.54, 1.807) is 0 Å². The first-order chi connectivity index (χ1) is 24.7. The van der Waals surface area contributed by atoms with Gasteiger partial charge in [-0.25, -0.2) is 0 Å². The summed E-state index contributed by atoms with van der Waals surface area (Å²) in [6.07, 6.45) is 6.45. The van der Waals surface area contributed by atoms with Gasteiger partial charge in [-0.2, -0.15) is 9.13 Å². The summed E-state index contributed by atoms with van der Waals surface area (Å²) < 4.78 is 13.8. The van der Waals surface area contributed by atoms with Crippen molar-refractivity contribution in [2.75, 3.05) is 0 Å². The fraction of sp³-hybridized carbons (Fsp3) is 0.0870. The van der Waals surface area contributed by atoms with Crippen LogP contribution in [-0.4, -0.2) is 4.40 Å². The van der Waals surface area contributed by atoms with Crippen molar-refractivity contribution < 1.29 is 13.6 Å². The molecular formula is C46H31N3O+2. The molecule has 4 nitrogen and oxygen atoms in total. The van der Waals surface area contributed by atoms with Crippen molar-refractivity contribution in [2.45, 2.75) is 24.8 Å². The van der Waals surface area contributed by atoms with Gasteiger partial charge < -0.3 is 8.82 Å². The number of nitrogens with zero attached hydrogens (tertiary/aromatic N) is 3. The van der Waals surface area contributed by atoms with Crippen molar-refractivity contribution in [2.24, 2.45) is 0 Å². The molecule has 0 spiro atoms. The fourth-order valence-electron chi connectivity index (χ4n) is 9.71. The second kappa shape index (κ2) is 9.46. The van der Waals surface area contributed by atoms with Crippen LogP contribution in [-0.2, 0) is 6.42 Å². The SMILES string of the molecule is C=C1C2C(CCc3ccccc3-c3cccc[n+]31)c1cc3c(cc1-c1cccc[n+]12)c1cccc2c4ccc5oc6ccccc6c5c4n3c12. The number of allylic oxidation sites excluding steroid dienone is 1. The lowest BCUT2D eigenvalue weighted by molar-refractivity contribution is -0.727. The minimum Gasteiger partial charge on any atom is -0.456 e. The Balaban J connectivity index is 1.21. The number of para-hydroxylation sites is 2. The summed E-state index contributed by atoms with van der Waals surface area (Å²) in [5.41, 5.74) is 14.5. The third-order valence-corrected chi connectivity index (χ3v) is 11.8. The summed E-state index contributed by atoms with van der Waals surface area (Å²) in [5.74, 6) is 0.213. The summed E-state index contributed by atoms with van der Waals surface area (Å²) >= 11 is 0. The molecule has 4 heteroatoms. The predicted octanol–water partition coefficient (Wildman–Crippen LogP) is 10.4. The molecule has 2 aliphatic heterocycles. The molecule has 5 aromatic heterocycles. The minimum atomic E-state index is 0.0481. The molecule has 0 radical (unpaired) electrons. The molecule has 0 aliphatic carbocycles. The van der Waals surface area contributed by atoms with Gasteiger partial charge in [0.1, 0.15) is 11.2 Å². The van der Waals surface area contributed by atoms with Gasteiger partial charge in [0.15, 0.2) is 12.4 Å². The van der Waals surface area contributed by atoms with Gasteiger partial charge in [-0.15, -0.1) is 0 Å². The zero-order valence-electron chi connectivity index (χ0n) is 27.3. The molecule has 0 bridgehead atoms. The number of hydrogen-bond donors (Lipinski definition) is 0. The van der Waals surface area contributed by atoms with Gasteiger partial charge in [0.2, 0.25) is 23.1 Å². The molecule has 2 unspecified atom stereocenters. The quantitative estimate of drug-likeness (QED) is 0.151. The van der Waals surface area contributed by atoms with E-state index >= 15 is 0 Å². The van der Waals surface area contributed by atoms with Crippen LogP contribution in [0.4, 0.5) is 0 Å². The fourth-order valence-corrected chi connectivity index (χ4v) is 9.71. The van der Waals surface area contributed by atoms with Gasteiger partial charge in [0, 0.05) is 56.8 Å².